The van der Waals surface area contributed by atoms with Crippen LogP contribution in [-0.2, 0) is 38.1 Å². The molecule has 4 aliphatic carbocycles. The van der Waals surface area contributed by atoms with E-state index in [1.807, 2.05) is 6.92 Å². The van der Waals surface area contributed by atoms with Crippen LogP contribution in [0.15, 0.2) is 11.6 Å². The van der Waals surface area contributed by atoms with Crippen molar-refractivity contribution in [1.29, 1.82) is 0 Å². The van der Waals surface area contributed by atoms with Gasteiger partial charge in [-0.2, -0.15) is 0 Å². The molecule has 0 aromatic heterocycles. The molecule has 0 unspecified atom stereocenters. The lowest BCUT2D eigenvalue weighted by Gasteiger charge is -2.64. The van der Waals surface area contributed by atoms with Crippen molar-refractivity contribution in [3.63, 3.8) is 0 Å². The Morgan fingerprint density at radius 3 is 2.59 bits per heavy atom. The second kappa shape index (κ2) is 9.32. The third kappa shape index (κ3) is 3.83. The Hall–Kier alpha value is -1.85. The summed E-state index contributed by atoms with van der Waals surface area (Å²) in [6, 6.07) is 0. The average molecular weight is 575 g/mol. The number of hydrogen-bond donors (Lipinski definition) is 2. The molecule has 0 amide bonds. The highest BCUT2D eigenvalue weighted by Crippen LogP contribution is 2.70. The highest BCUT2D eigenvalue weighted by Gasteiger charge is 2.70. The van der Waals surface area contributed by atoms with Crippen LogP contribution in [0, 0.1) is 34.5 Å². The number of ether oxygens (including phenoxy) is 5. The molecule has 226 valence electrons. The summed E-state index contributed by atoms with van der Waals surface area (Å²) in [7, 11) is 0. The first-order valence-electron chi connectivity index (χ1n) is 15.4. The van der Waals surface area contributed by atoms with Gasteiger partial charge in [-0.05, 0) is 87.5 Å². The van der Waals surface area contributed by atoms with E-state index in [0.29, 0.717) is 25.9 Å². The van der Waals surface area contributed by atoms with Gasteiger partial charge in [0.25, 0.3) is 5.79 Å². The van der Waals surface area contributed by atoms with Gasteiger partial charge in [-0.25, -0.2) is 4.79 Å². The highest BCUT2D eigenvalue weighted by molar-refractivity contribution is 5.85. The van der Waals surface area contributed by atoms with E-state index in [2.05, 4.69) is 6.92 Å². The molecule has 0 bridgehead atoms. The Balaban J connectivity index is 1.17. The molecular weight excluding hydrogens is 532 g/mol. The van der Waals surface area contributed by atoms with Crippen LogP contribution in [0.2, 0.25) is 0 Å². The van der Waals surface area contributed by atoms with Crippen molar-refractivity contribution >= 4 is 18.2 Å². The van der Waals surface area contributed by atoms with Gasteiger partial charge >= 0.3 is 11.9 Å². The molecule has 10 nitrogen and oxygen atoms in total. The lowest BCUT2D eigenvalue weighted by atomic mass is 9.42. The molecule has 2 saturated heterocycles. The number of aldehydes is 1. The van der Waals surface area contributed by atoms with Crippen LogP contribution in [-0.4, -0.2) is 77.1 Å². The molecule has 0 radical (unpaired) electrons. The Labute approximate surface area is 240 Å². The Morgan fingerprint density at radius 1 is 1.07 bits per heavy atom. The first-order valence-corrected chi connectivity index (χ1v) is 15.4. The summed E-state index contributed by atoms with van der Waals surface area (Å²) in [4.78, 5) is 37.0. The molecule has 13 atom stereocenters. The number of fused-ring (bicyclic) bond motifs is 7. The minimum absolute atomic E-state index is 0.0326. The number of aliphatic hydroxyl groups is 2. The van der Waals surface area contributed by atoms with E-state index in [-0.39, 0.29) is 48.3 Å². The second-order valence-electron chi connectivity index (χ2n) is 14.2. The standard InChI is InChI=1S/C31H42O10/c1-16-10-25(39-17(2)33)31(36)27(38-16)40-23-12-19-4-5-22-21(29(19,15-32)13-24(23)41-31)6-8-28(3)20(7-9-30(22,28)35)18-11-26(34)37-14-18/h11,15-16,19-25,27,35-36H,4-10,12-14H2,1-3H3/t16-,19-,20-,21-,22+,23-,24+,25-,27-,28+,29+,30-,31-/m0/s1. The minimum Gasteiger partial charge on any atom is -0.458 e. The average Bonchev–Trinajstić information content (AvgIpc) is 3.46. The number of carbonyl (C=O) groups is 3. The molecule has 7 rings (SSSR count). The monoisotopic (exact) mass is 574 g/mol. The largest absolute Gasteiger partial charge is 0.458 e. The van der Waals surface area contributed by atoms with Crippen molar-refractivity contribution in [2.75, 3.05) is 6.61 Å². The summed E-state index contributed by atoms with van der Waals surface area (Å²) in [5.41, 5.74) is -1.10. The van der Waals surface area contributed by atoms with Gasteiger partial charge in [0.15, 0.2) is 6.10 Å². The molecule has 3 aliphatic heterocycles. The van der Waals surface area contributed by atoms with E-state index < -0.39 is 46.7 Å². The third-order valence-corrected chi connectivity index (χ3v) is 12.4. The minimum atomic E-state index is -1.97. The third-order valence-electron chi connectivity index (χ3n) is 12.4. The predicted molar refractivity (Wildman–Crippen MR) is 141 cm³/mol. The molecule has 6 fully saturated rings. The summed E-state index contributed by atoms with van der Waals surface area (Å²) in [5, 5.41) is 24.2. The van der Waals surface area contributed by atoms with E-state index in [9.17, 15) is 24.6 Å². The molecule has 10 heteroatoms. The molecule has 0 spiro atoms. The van der Waals surface area contributed by atoms with Gasteiger partial charge in [0.1, 0.15) is 12.9 Å². The number of carbonyl (C=O) groups excluding carboxylic acids is 3. The van der Waals surface area contributed by atoms with Crippen LogP contribution in [0.5, 0.6) is 0 Å². The van der Waals surface area contributed by atoms with Gasteiger partial charge < -0.3 is 38.7 Å². The first kappa shape index (κ1) is 28.0. The summed E-state index contributed by atoms with van der Waals surface area (Å²) < 4.78 is 29.4. The Kier molecular flexibility index (Phi) is 6.36. The molecule has 4 saturated carbocycles. The molecule has 0 aromatic carbocycles. The van der Waals surface area contributed by atoms with E-state index in [1.54, 1.807) is 6.08 Å². The smallest absolute Gasteiger partial charge is 0.331 e. The van der Waals surface area contributed by atoms with Crippen LogP contribution >= 0.6 is 0 Å². The number of hydrogen-bond acceptors (Lipinski definition) is 10. The molecule has 7 aliphatic rings. The SMILES string of the molecule is CC(=O)O[C@H]1C[C@H](C)O[C@H]2O[C@H]3C[C@@H]4CC[C@@H]5[C@H](CC[C@]6(C)[C@H](C7=CC(=O)OC7)CC[C@]56O)[C@@]4(C=O)C[C@H]3O[C@]21O. The van der Waals surface area contributed by atoms with Gasteiger partial charge in [-0.3, -0.25) is 4.79 Å². The van der Waals surface area contributed by atoms with Gasteiger partial charge in [-0.15, -0.1) is 0 Å². The van der Waals surface area contributed by atoms with Crippen molar-refractivity contribution < 1.29 is 48.3 Å². The van der Waals surface area contributed by atoms with Crippen LogP contribution in [0.25, 0.3) is 0 Å². The summed E-state index contributed by atoms with van der Waals surface area (Å²) in [6.45, 7) is 5.59. The maximum atomic E-state index is 13.2. The molecular formula is C31H42O10. The van der Waals surface area contributed by atoms with Crippen LogP contribution < -0.4 is 0 Å². The fraction of sp³-hybridized carbons (Fsp3) is 0.839. The molecule has 3 heterocycles. The Morgan fingerprint density at radius 2 is 1.88 bits per heavy atom. The van der Waals surface area contributed by atoms with E-state index in [1.165, 1.54) is 6.92 Å². The van der Waals surface area contributed by atoms with Crippen LogP contribution in [0.1, 0.15) is 78.6 Å². The lowest BCUT2D eigenvalue weighted by molar-refractivity contribution is -0.457. The Bertz CT molecular complexity index is 1170. The maximum absolute atomic E-state index is 13.2. The van der Waals surface area contributed by atoms with Gasteiger partial charge in [0, 0.05) is 30.3 Å². The van der Waals surface area contributed by atoms with Crippen LogP contribution in [0.4, 0.5) is 0 Å². The van der Waals surface area contributed by atoms with E-state index in [0.717, 1.165) is 44.0 Å². The van der Waals surface area contributed by atoms with Gasteiger partial charge in [0.05, 0.1) is 23.9 Å². The van der Waals surface area contributed by atoms with Gasteiger partial charge in [-0.1, -0.05) is 6.92 Å². The molecule has 0 aromatic rings. The summed E-state index contributed by atoms with van der Waals surface area (Å²) in [5.74, 6) is -2.75. The van der Waals surface area contributed by atoms with E-state index >= 15 is 0 Å². The van der Waals surface area contributed by atoms with Crippen molar-refractivity contribution in [1.82, 2.24) is 0 Å². The maximum Gasteiger partial charge on any atom is 0.331 e. The lowest BCUT2D eigenvalue weighted by Crippen LogP contribution is -2.71. The van der Waals surface area contributed by atoms with E-state index in [4.69, 9.17) is 23.7 Å². The molecule has 41 heavy (non-hydrogen) atoms. The first-order chi connectivity index (χ1) is 19.4. The zero-order valence-electron chi connectivity index (χ0n) is 24.1. The van der Waals surface area contributed by atoms with Crippen molar-refractivity contribution in [2.24, 2.45) is 34.5 Å². The van der Waals surface area contributed by atoms with Gasteiger partial charge in [0.2, 0.25) is 6.29 Å². The fourth-order valence-corrected chi connectivity index (χ4v) is 10.5. The number of cyclic esters (lactones) is 1. The topological polar surface area (TPSA) is 138 Å². The zero-order chi connectivity index (χ0) is 28.9. The van der Waals surface area contributed by atoms with Crippen LogP contribution in [0.3, 0.4) is 0 Å². The zero-order valence-corrected chi connectivity index (χ0v) is 24.1. The predicted octanol–water partition coefficient (Wildman–Crippen LogP) is 2.57. The summed E-state index contributed by atoms with van der Waals surface area (Å²) >= 11 is 0. The fourth-order valence-electron chi connectivity index (χ4n) is 10.5. The highest BCUT2D eigenvalue weighted by atomic mass is 16.8. The normalized spacial score (nSPS) is 53.9. The van der Waals surface area contributed by atoms with Crippen molar-refractivity contribution in [2.45, 2.75) is 121 Å². The summed E-state index contributed by atoms with van der Waals surface area (Å²) in [6.07, 6.45) is 5.24. The van der Waals surface area contributed by atoms with Crippen molar-refractivity contribution in [3.05, 3.63) is 11.6 Å². The van der Waals surface area contributed by atoms with Crippen molar-refractivity contribution in [3.8, 4) is 0 Å². The number of esters is 2. The second-order valence-corrected chi connectivity index (χ2v) is 14.2. The number of rotatable bonds is 3. The molecule has 2 N–H and O–H groups in total. The quantitative estimate of drug-likeness (QED) is 0.294.